The van der Waals surface area contributed by atoms with Crippen molar-refractivity contribution >= 4 is 0 Å². The molecule has 0 aromatic heterocycles. The van der Waals surface area contributed by atoms with E-state index in [9.17, 15) is 0 Å². The lowest BCUT2D eigenvalue weighted by Gasteiger charge is -2.35. The molecule has 1 nitrogen and oxygen atoms in total. The highest BCUT2D eigenvalue weighted by Gasteiger charge is 2.21. The lowest BCUT2D eigenvalue weighted by molar-refractivity contribution is 0.147. The molecule has 1 heterocycles. The van der Waals surface area contributed by atoms with Crippen LogP contribution in [0.3, 0.4) is 0 Å². The summed E-state index contributed by atoms with van der Waals surface area (Å²) in [6, 6.07) is 9.51. The Labute approximate surface area is 99.5 Å². The second kappa shape index (κ2) is 5.01. The van der Waals surface area contributed by atoms with E-state index >= 15 is 0 Å². The Bertz CT molecular complexity index is 337. The summed E-state index contributed by atoms with van der Waals surface area (Å²) < 4.78 is 0. The number of rotatable bonds is 2. The monoisotopic (exact) mass is 217 g/mol. The molecule has 1 atom stereocenters. The minimum atomic E-state index is 0.576. The normalized spacial score (nSPS) is 20.9. The molecule has 1 aromatic rings. The van der Waals surface area contributed by atoms with Crippen molar-refractivity contribution in [3.05, 3.63) is 35.4 Å². The van der Waals surface area contributed by atoms with Crippen LogP contribution in [0.25, 0.3) is 0 Å². The highest BCUT2D eigenvalue weighted by atomic mass is 15.2. The van der Waals surface area contributed by atoms with Gasteiger partial charge in [0.1, 0.15) is 0 Å². The molecule has 1 fully saturated rings. The maximum atomic E-state index is 2.62. The lowest BCUT2D eigenvalue weighted by atomic mass is 9.96. The van der Waals surface area contributed by atoms with Crippen molar-refractivity contribution in [2.24, 2.45) is 5.92 Å². The third-order valence-corrected chi connectivity index (χ3v) is 3.89. The largest absolute Gasteiger partial charge is 0.297 e. The predicted molar refractivity (Wildman–Crippen MR) is 69.6 cm³/mol. The number of hydrogen-bond donors (Lipinski definition) is 0. The topological polar surface area (TPSA) is 3.24 Å². The van der Waals surface area contributed by atoms with E-state index < -0.39 is 0 Å². The second-order valence-electron chi connectivity index (χ2n) is 5.31. The molecular weight excluding hydrogens is 194 g/mol. The number of aryl methyl sites for hydroxylation is 1. The van der Waals surface area contributed by atoms with E-state index in [2.05, 4.69) is 49.9 Å². The summed E-state index contributed by atoms with van der Waals surface area (Å²) in [5, 5.41) is 0. The molecular formula is C15H23N. The fraction of sp³-hybridized carbons (Fsp3) is 0.600. The molecule has 0 amide bonds. The molecule has 0 radical (unpaired) electrons. The molecule has 0 saturated carbocycles. The highest BCUT2D eigenvalue weighted by Crippen LogP contribution is 2.26. The van der Waals surface area contributed by atoms with Crippen LogP contribution in [0.5, 0.6) is 0 Å². The van der Waals surface area contributed by atoms with Crippen molar-refractivity contribution in [2.45, 2.75) is 39.7 Å². The van der Waals surface area contributed by atoms with Gasteiger partial charge < -0.3 is 0 Å². The van der Waals surface area contributed by atoms with Crippen molar-refractivity contribution in [3.8, 4) is 0 Å². The summed E-state index contributed by atoms with van der Waals surface area (Å²) in [4.78, 5) is 2.62. The van der Waals surface area contributed by atoms with Gasteiger partial charge in [0, 0.05) is 6.04 Å². The SMILES string of the molecule is Cc1cccc(C(C)N2CCC(C)CC2)c1. The maximum absolute atomic E-state index is 2.62. The molecule has 1 heteroatoms. The quantitative estimate of drug-likeness (QED) is 0.728. The van der Waals surface area contributed by atoms with Crippen LogP contribution in [0.15, 0.2) is 24.3 Å². The number of hydrogen-bond acceptors (Lipinski definition) is 1. The van der Waals surface area contributed by atoms with E-state index in [0.29, 0.717) is 6.04 Å². The van der Waals surface area contributed by atoms with Crippen molar-refractivity contribution in [1.82, 2.24) is 4.90 Å². The van der Waals surface area contributed by atoms with Gasteiger partial charge in [-0.2, -0.15) is 0 Å². The van der Waals surface area contributed by atoms with Crippen molar-refractivity contribution < 1.29 is 0 Å². The van der Waals surface area contributed by atoms with Crippen LogP contribution in [0.4, 0.5) is 0 Å². The second-order valence-corrected chi connectivity index (χ2v) is 5.31. The summed E-state index contributed by atoms with van der Waals surface area (Å²) >= 11 is 0. The van der Waals surface area contributed by atoms with Gasteiger partial charge in [-0.25, -0.2) is 0 Å². The molecule has 0 aliphatic carbocycles. The van der Waals surface area contributed by atoms with Gasteiger partial charge in [0.2, 0.25) is 0 Å². The summed E-state index contributed by atoms with van der Waals surface area (Å²) in [7, 11) is 0. The molecule has 0 spiro atoms. The Kier molecular flexibility index (Phi) is 3.65. The molecule has 1 unspecified atom stereocenters. The van der Waals surface area contributed by atoms with Crippen molar-refractivity contribution in [1.29, 1.82) is 0 Å². The van der Waals surface area contributed by atoms with E-state index in [1.165, 1.54) is 37.1 Å². The predicted octanol–water partition coefficient (Wildman–Crippen LogP) is 3.79. The molecule has 1 aliphatic rings. The molecule has 1 aliphatic heterocycles. The standard InChI is InChI=1S/C15H23N/c1-12-7-9-16(10-8-12)14(3)15-6-4-5-13(2)11-15/h4-6,11-12,14H,7-10H2,1-3H3. The van der Waals surface area contributed by atoms with Gasteiger partial charge in [0.25, 0.3) is 0 Å². The first kappa shape index (κ1) is 11.7. The van der Waals surface area contributed by atoms with Crippen LogP contribution in [0.2, 0.25) is 0 Å². The van der Waals surface area contributed by atoms with Crippen LogP contribution < -0.4 is 0 Å². The fourth-order valence-corrected chi connectivity index (χ4v) is 2.56. The van der Waals surface area contributed by atoms with Crippen molar-refractivity contribution in [2.75, 3.05) is 13.1 Å². The van der Waals surface area contributed by atoms with Gasteiger partial charge in [-0.05, 0) is 51.3 Å². The first-order valence-electron chi connectivity index (χ1n) is 6.47. The van der Waals surface area contributed by atoms with E-state index in [-0.39, 0.29) is 0 Å². The molecule has 2 rings (SSSR count). The average molecular weight is 217 g/mol. The first-order chi connectivity index (χ1) is 7.66. The van der Waals surface area contributed by atoms with Crippen molar-refractivity contribution in [3.63, 3.8) is 0 Å². The Morgan fingerprint density at radius 2 is 1.94 bits per heavy atom. The van der Waals surface area contributed by atoms with Gasteiger partial charge in [-0.15, -0.1) is 0 Å². The summed E-state index contributed by atoms with van der Waals surface area (Å²) in [5.74, 6) is 0.918. The number of likely N-dealkylation sites (tertiary alicyclic amines) is 1. The van der Waals surface area contributed by atoms with Gasteiger partial charge in [-0.1, -0.05) is 36.8 Å². The van der Waals surface area contributed by atoms with Crippen LogP contribution in [-0.2, 0) is 0 Å². The van der Waals surface area contributed by atoms with E-state index in [4.69, 9.17) is 0 Å². The first-order valence-corrected chi connectivity index (χ1v) is 6.47. The zero-order chi connectivity index (χ0) is 11.5. The Morgan fingerprint density at radius 3 is 2.56 bits per heavy atom. The molecule has 1 saturated heterocycles. The molecule has 0 bridgehead atoms. The minimum Gasteiger partial charge on any atom is -0.297 e. The Hall–Kier alpha value is -0.820. The minimum absolute atomic E-state index is 0.576. The molecule has 0 N–H and O–H groups in total. The molecule has 16 heavy (non-hydrogen) atoms. The van der Waals surface area contributed by atoms with Gasteiger partial charge in [0.15, 0.2) is 0 Å². The maximum Gasteiger partial charge on any atom is 0.0319 e. The Morgan fingerprint density at radius 1 is 1.25 bits per heavy atom. The Balaban J connectivity index is 2.04. The summed E-state index contributed by atoms with van der Waals surface area (Å²) in [6.07, 6.45) is 2.71. The number of benzene rings is 1. The van der Waals surface area contributed by atoms with E-state index in [1.807, 2.05) is 0 Å². The molecule has 1 aromatic carbocycles. The zero-order valence-corrected chi connectivity index (χ0v) is 10.7. The van der Waals surface area contributed by atoms with Gasteiger partial charge >= 0.3 is 0 Å². The van der Waals surface area contributed by atoms with Gasteiger partial charge in [0.05, 0.1) is 0 Å². The number of nitrogens with zero attached hydrogens (tertiary/aromatic N) is 1. The van der Waals surface area contributed by atoms with Crippen LogP contribution in [0.1, 0.15) is 43.9 Å². The average Bonchev–Trinajstić information content (AvgIpc) is 2.29. The fourth-order valence-electron chi connectivity index (χ4n) is 2.56. The summed E-state index contributed by atoms with van der Waals surface area (Å²) in [5.41, 5.74) is 2.84. The third kappa shape index (κ3) is 2.65. The van der Waals surface area contributed by atoms with Gasteiger partial charge in [-0.3, -0.25) is 4.90 Å². The highest BCUT2D eigenvalue weighted by molar-refractivity contribution is 5.24. The molecule has 88 valence electrons. The smallest absolute Gasteiger partial charge is 0.0319 e. The zero-order valence-electron chi connectivity index (χ0n) is 10.7. The van der Waals surface area contributed by atoms with E-state index in [0.717, 1.165) is 5.92 Å². The summed E-state index contributed by atoms with van der Waals surface area (Å²) in [6.45, 7) is 9.40. The van der Waals surface area contributed by atoms with E-state index in [1.54, 1.807) is 0 Å². The van der Waals surface area contributed by atoms with Crippen LogP contribution in [0, 0.1) is 12.8 Å². The lowest BCUT2D eigenvalue weighted by Crippen LogP contribution is -2.34. The van der Waals surface area contributed by atoms with Crippen LogP contribution >= 0.6 is 0 Å². The third-order valence-electron chi connectivity index (χ3n) is 3.89. The van der Waals surface area contributed by atoms with Crippen LogP contribution in [-0.4, -0.2) is 18.0 Å². The number of piperidine rings is 1.